The Kier molecular flexibility index (Phi) is 3.84. The second kappa shape index (κ2) is 5.59. The van der Waals surface area contributed by atoms with Crippen molar-refractivity contribution in [1.82, 2.24) is 19.7 Å². The highest BCUT2D eigenvalue weighted by Gasteiger charge is 2.31. The average Bonchev–Trinajstić information content (AvgIpc) is 3.04. The van der Waals surface area contributed by atoms with Gasteiger partial charge in [0.05, 0.1) is 6.54 Å². The van der Waals surface area contributed by atoms with Gasteiger partial charge in [-0.2, -0.15) is 0 Å². The van der Waals surface area contributed by atoms with Crippen molar-refractivity contribution in [3.05, 3.63) is 11.6 Å². The van der Waals surface area contributed by atoms with Crippen molar-refractivity contribution < 1.29 is 5.11 Å². The number of nitrogens with zero attached hydrogens (tertiary/aromatic N) is 4. The molecule has 2 fully saturated rings. The van der Waals surface area contributed by atoms with E-state index in [9.17, 15) is 0 Å². The smallest absolute Gasteiger partial charge is 0.147 e. The summed E-state index contributed by atoms with van der Waals surface area (Å²) in [6.45, 7) is 4.45. The van der Waals surface area contributed by atoms with Gasteiger partial charge in [-0.05, 0) is 52.0 Å². The fourth-order valence-corrected chi connectivity index (χ4v) is 3.27. The predicted molar refractivity (Wildman–Crippen MR) is 72.8 cm³/mol. The molecule has 1 aliphatic carbocycles. The summed E-state index contributed by atoms with van der Waals surface area (Å²) >= 11 is 0. The highest BCUT2D eigenvalue weighted by atomic mass is 16.2. The molecule has 0 aromatic carbocycles. The van der Waals surface area contributed by atoms with Crippen molar-refractivity contribution in [3.63, 3.8) is 0 Å². The maximum atomic E-state index is 8.99. The summed E-state index contributed by atoms with van der Waals surface area (Å²) in [5, 5.41) is 17.6. The van der Waals surface area contributed by atoms with Crippen molar-refractivity contribution in [2.75, 3.05) is 13.2 Å². The molecule has 2 aliphatic rings. The minimum atomic E-state index is 0.307. The van der Waals surface area contributed by atoms with Crippen LogP contribution in [0.25, 0.3) is 0 Å². The van der Waals surface area contributed by atoms with Gasteiger partial charge >= 0.3 is 0 Å². The third kappa shape index (κ3) is 2.82. The number of hydrogen-bond donors (Lipinski definition) is 1. The molecule has 1 saturated heterocycles. The van der Waals surface area contributed by atoms with E-state index in [1.165, 1.54) is 25.7 Å². The van der Waals surface area contributed by atoms with E-state index in [4.69, 9.17) is 5.11 Å². The van der Waals surface area contributed by atoms with Crippen molar-refractivity contribution >= 4 is 0 Å². The van der Waals surface area contributed by atoms with Crippen molar-refractivity contribution in [2.24, 2.45) is 0 Å². The van der Waals surface area contributed by atoms with Gasteiger partial charge in [-0.1, -0.05) is 0 Å². The van der Waals surface area contributed by atoms with Crippen molar-refractivity contribution in [2.45, 2.75) is 64.1 Å². The summed E-state index contributed by atoms with van der Waals surface area (Å²) < 4.78 is 2.33. The zero-order valence-electron chi connectivity index (χ0n) is 11.8. The summed E-state index contributed by atoms with van der Waals surface area (Å²) in [4.78, 5) is 2.53. The Hall–Kier alpha value is -0.940. The molecule has 1 aliphatic heterocycles. The van der Waals surface area contributed by atoms with Crippen LogP contribution >= 0.6 is 0 Å². The maximum absolute atomic E-state index is 8.99. The van der Waals surface area contributed by atoms with Gasteiger partial charge in [0.2, 0.25) is 0 Å². The molecule has 1 N–H and O–H groups in total. The Balaban J connectivity index is 1.67. The van der Waals surface area contributed by atoms with E-state index in [2.05, 4.69) is 26.6 Å². The molecule has 3 rings (SSSR count). The summed E-state index contributed by atoms with van der Waals surface area (Å²) in [7, 11) is 0. The third-order valence-electron chi connectivity index (χ3n) is 4.39. The standard InChI is InChI=1S/C14H24N4O/c1-11-15-16-14(18(11)13-6-7-13)10-17-8-2-4-12(17)5-3-9-19/h12-13,19H,2-10H2,1H3. The average molecular weight is 264 g/mol. The van der Waals surface area contributed by atoms with Crippen LogP contribution in [0.3, 0.4) is 0 Å². The van der Waals surface area contributed by atoms with Gasteiger partial charge in [0.15, 0.2) is 0 Å². The minimum absolute atomic E-state index is 0.307. The monoisotopic (exact) mass is 264 g/mol. The van der Waals surface area contributed by atoms with Gasteiger partial charge in [-0.15, -0.1) is 10.2 Å². The van der Waals surface area contributed by atoms with Gasteiger partial charge in [-0.3, -0.25) is 4.90 Å². The first-order valence-electron chi connectivity index (χ1n) is 7.55. The summed E-state index contributed by atoms with van der Waals surface area (Å²) in [6, 6.07) is 1.28. The number of aliphatic hydroxyl groups is 1. The maximum Gasteiger partial charge on any atom is 0.147 e. The number of aromatic nitrogens is 3. The van der Waals surface area contributed by atoms with E-state index in [1.54, 1.807) is 0 Å². The molecule has 0 amide bonds. The molecule has 1 saturated carbocycles. The number of likely N-dealkylation sites (tertiary alicyclic amines) is 1. The quantitative estimate of drug-likeness (QED) is 0.849. The lowest BCUT2D eigenvalue weighted by atomic mass is 10.1. The van der Waals surface area contributed by atoms with Crippen LogP contribution in [0.15, 0.2) is 0 Å². The first-order valence-corrected chi connectivity index (χ1v) is 7.55. The molecule has 0 bridgehead atoms. The highest BCUT2D eigenvalue weighted by Crippen LogP contribution is 2.37. The molecule has 1 atom stereocenters. The molecular weight excluding hydrogens is 240 g/mol. The molecule has 5 heteroatoms. The molecule has 5 nitrogen and oxygen atoms in total. The number of aliphatic hydroxyl groups excluding tert-OH is 1. The number of aryl methyl sites for hydroxylation is 1. The first-order chi connectivity index (χ1) is 9.29. The minimum Gasteiger partial charge on any atom is -0.396 e. The normalized spacial score (nSPS) is 24.2. The molecule has 1 aromatic rings. The fraction of sp³-hybridized carbons (Fsp3) is 0.857. The Morgan fingerprint density at radius 2 is 2.11 bits per heavy atom. The van der Waals surface area contributed by atoms with E-state index in [0.717, 1.165) is 37.6 Å². The van der Waals surface area contributed by atoms with Crippen LogP contribution in [0.5, 0.6) is 0 Å². The van der Waals surface area contributed by atoms with Crippen LogP contribution in [-0.4, -0.2) is 44.0 Å². The first kappa shape index (κ1) is 13.1. The predicted octanol–water partition coefficient (Wildman–Crippen LogP) is 1.66. The Morgan fingerprint density at radius 1 is 1.26 bits per heavy atom. The second-order valence-corrected chi connectivity index (χ2v) is 5.90. The summed E-state index contributed by atoms with van der Waals surface area (Å²) in [5.74, 6) is 2.19. The molecule has 106 valence electrons. The Morgan fingerprint density at radius 3 is 2.84 bits per heavy atom. The molecule has 1 unspecified atom stereocenters. The van der Waals surface area contributed by atoms with Gasteiger partial charge < -0.3 is 9.67 Å². The van der Waals surface area contributed by atoms with Crippen molar-refractivity contribution in [1.29, 1.82) is 0 Å². The van der Waals surface area contributed by atoms with Gasteiger partial charge in [0.25, 0.3) is 0 Å². The molecular formula is C14H24N4O. The van der Waals surface area contributed by atoms with Crippen LogP contribution in [-0.2, 0) is 6.54 Å². The lowest BCUT2D eigenvalue weighted by Gasteiger charge is -2.24. The molecule has 2 heterocycles. The molecule has 0 spiro atoms. The second-order valence-electron chi connectivity index (χ2n) is 5.90. The van der Waals surface area contributed by atoms with Crippen molar-refractivity contribution in [3.8, 4) is 0 Å². The van der Waals surface area contributed by atoms with Gasteiger partial charge in [0.1, 0.15) is 11.6 Å². The Bertz CT molecular complexity index is 427. The lowest BCUT2D eigenvalue weighted by Crippen LogP contribution is -2.30. The molecule has 0 radical (unpaired) electrons. The SMILES string of the molecule is Cc1nnc(CN2CCCC2CCCO)n1C1CC1. The molecule has 19 heavy (non-hydrogen) atoms. The zero-order chi connectivity index (χ0) is 13.2. The zero-order valence-corrected chi connectivity index (χ0v) is 11.8. The third-order valence-corrected chi connectivity index (χ3v) is 4.39. The van der Waals surface area contributed by atoms with E-state index >= 15 is 0 Å². The molecule has 1 aromatic heterocycles. The summed E-state index contributed by atoms with van der Waals surface area (Å²) in [6.07, 6.45) is 7.10. The van der Waals surface area contributed by atoms with E-state index < -0.39 is 0 Å². The van der Waals surface area contributed by atoms with Gasteiger partial charge in [0, 0.05) is 18.7 Å². The summed E-state index contributed by atoms with van der Waals surface area (Å²) in [5.41, 5.74) is 0. The lowest BCUT2D eigenvalue weighted by molar-refractivity contribution is 0.204. The van der Waals surface area contributed by atoms with E-state index in [0.29, 0.717) is 18.7 Å². The largest absolute Gasteiger partial charge is 0.396 e. The topological polar surface area (TPSA) is 54.2 Å². The van der Waals surface area contributed by atoms with Crippen LogP contribution in [0.4, 0.5) is 0 Å². The van der Waals surface area contributed by atoms with Crippen LogP contribution in [0.2, 0.25) is 0 Å². The van der Waals surface area contributed by atoms with Crippen LogP contribution in [0.1, 0.15) is 56.2 Å². The van der Waals surface area contributed by atoms with Gasteiger partial charge in [-0.25, -0.2) is 0 Å². The van der Waals surface area contributed by atoms with Crippen LogP contribution in [0, 0.1) is 6.92 Å². The van der Waals surface area contributed by atoms with E-state index in [-0.39, 0.29) is 0 Å². The van der Waals surface area contributed by atoms with Crippen LogP contribution < -0.4 is 0 Å². The number of hydrogen-bond acceptors (Lipinski definition) is 4. The highest BCUT2D eigenvalue weighted by molar-refractivity contribution is 5.02. The Labute approximate surface area is 114 Å². The fourth-order valence-electron chi connectivity index (χ4n) is 3.27. The van der Waals surface area contributed by atoms with E-state index in [1.807, 2.05) is 0 Å². The number of rotatable bonds is 6.